The monoisotopic (exact) mass is 845 g/mol. The maximum atomic E-state index is 13.1. The number of aliphatic hydroxyl groups is 1. The van der Waals surface area contributed by atoms with Gasteiger partial charge in [-0.3, -0.25) is 4.79 Å². The standard InChI is InChI=1S/C52H52N4O5S/c1-7-23-52(60)24-22-38-39-17-10-31-25-36(57)16-21-37(31)48(39)43(29-45(38)52)30-8-12-33(13-9-30)56(6)51(62)53-32-11-18-40(44(26-32)50(58)59)49-41-19-14-34(54(2)3)27-46(41)61-47-28-35(55(4)5)15-20-42(47)49/h8-9,11-15,18-20,25-28,38-39,43,45,60H,10,16-17,21-22,24,29H2,1-6H3,(H,58,59)/p+1. The Morgan fingerprint density at radius 2 is 1.69 bits per heavy atom. The third kappa shape index (κ3) is 7.21. The highest BCUT2D eigenvalue weighted by atomic mass is 32.1. The molecule has 5 atom stereocenters. The van der Waals surface area contributed by atoms with Crippen molar-refractivity contribution in [1.82, 2.24) is 4.58 Å². The van der Waals surface area contributed by atoms with E-state index in [9.17, 15) is 19.8 Å². The Balaban J connectivity index is 1.02. The number of nitrogens with zero attached hydrogens (tertiary/aromatic N) is 3. The number of allylic oxidation sites excluding steroid dienone is 4. The van der Waals surface area contributed by atoms with Crippen LogP contribution in [0.15, 0.2) is 106 Å². The van der Waals surface area contributed by atoms with Gasteiger partial charge in [-0.25, -0.2) is 9.37 Å². The fraction of sp³-hybridized carbons (Fsp3) is 0.346. The zero-order chi connectivity index (χ0) is 43.6. The molecule has 5 aliphatic carbocycles. The van der Waals surface area contributed by atoms with Crippen LogP contribution in [0.1, 0.15) is 73.7 Å². The van der Waals surface area contributed by atoms with Crippen molar-refractivity contribution in [2.24, 2.45) is 17.8 Å². The molecule has 0 amide bonds. The normalized spacial score (nSPS) is 22.8. The summed E-state index contributed by atoms with van der Waals surface area (Å²) in [6, 6.07) is 25.9. The Hall–Kier alpha value is -6.02. The molecule has 2 fully saturated rings. The predicted molar refractivity (Wildman–Crippen MR) is 252 cm³/mol. The molecule has 2 saturated carbocycles. The molecule has 3 aromatic carbocycles. The third-order valence-corrected chi connectivity index (χ3v) is 14.4. The highest BCUT2D eigenvalue weighted by molar-refractivity contribution is 7.80. The molecular weight excluding hydrogens is 793 g/mol. The molecule has 9 rings (SSSR count). The van der Waals surface area contributed by atoms with Gasteiger partial charge in [-0.2, -0.15) is 0 Å². The number of hydrogen-bond acceptors (Lipinski definition) is 6. The fourth-order valence-electron chi connectivity index (χ4n) is 11.0. The van der Waals surface area contributed by atoms with Gasteiger partial charge in [-0.05, 0) is 140 Å². The molecule has 3 N–H and O–H groups in total. The van der Waals surface area contributed by atoms with Crippen LogP contribution in [0.25, 0.3) is 33.4 Å². The van der Waals surface area contributed by atoms with E-state index in [0.29, 0.717) is 52.4 Å². The summed E-state index contributed by atoms with van der Waals surface area (Å²) in [5, 5.41) is 28.0. The summed E-state index contributed by atoms with van der Waals surface area (Å²) in [6.07, 6.45) is 7.64. The van der Waals surface area contributed by atoms with Gasteiger partial charge in [0.1, 0.15) is 31.0 Å². The minimum Gasteiger partial charge on any atom is -0.478 e. The number of rotatable bonds is 6. The number of nitrogens with one attached hydrogen (secondary N) is 1. The second-order valence-corrected chi connectivity index (χ2v) is 18.3. The van der Waals surface area contributed by atoms with E-state index in [0.717, 1.165) is 65.3 Å². The van der Waals surface area contributed by atoms with E-state index in [1.807, 2.05) is 111 Å². The molecule has 316 valence electrons. The Bertz CT molecular complexity index is 2860. The molecule has 62 heavy (non-hydrogen) atoms. The van der Waals surface area contributed by atoms with Crippen LogP contribution in [-0.2, 0) is 4.79 Å². The van der Waals surface area contributed by atoms with Crippen LogP contribution in [0, 0.1) is 29.6 Å². The lowest BCUT2D eigenvalue weighted by molar-refractivity contribution is -0.114. The number of ketones is 1. The molecule has 3 aromatic rings. The van der Waals surface area contributed by atoms with Crippen molar-refractivity contribution in [3.05, 3.63) is 118 Å². The first-order chi connectivity index (χ1) is 29.7. The Morgan fingerprint density at radius 3 is 2.42 bits per heavy atom. The quantitative estimate of drug-likeness (QED) is 0.0668. The first kappa shape index (κ1) is 41.3. The zero-order valence-electron chi connectivity index (χ0n) is 36.2. The summed E-state index contributed by atoms with van der Waals surface area (Å²) in [5.74, 6) is 7.04. The number of hydrogen-bond donors (Lipinski definition) is 3. The van der Waals surface area contributed by atoms with Gasteiger partial charge in [0.25, 0.3) is 0 Å². The van der Waals surface area contributed by atoms with Crippen molar-refractivity contribution in [1.29, 1.82) is 0 Å². The van der Waals surface area contributed by atoms with E-state index in [1.165, 1.54) is 22.3 Å². The van der Waals surface area contributed by atoms with Crippen molar-refractivity contribution in [2.75, 3.05) is 50.4 Å². The molecular formula is C52H53N4O5S+. The fourth-order valence-corrected chi connectivity index (χ4v) is 11.2. The predicted octanol–water partition coefficient (Wildman–Crippen LogP) is 9.10. The molecule has 5 unspecified atom stereocenters. The number of aromatic carboxylic acids is 1. The number of carbonyl (C=O) groups is 2. The van der Waals surface area contributed by atoms with Crippen LogP contribution < -0.4 is 25.0 Å². The van der Waals surface area contributed by atoms with Gasteiger partial charge in [0.15, 0.2) is 10.9 Å². The van der Waals surface area contributed by atoms with Crippen LogP contribution in [0.4, 0.5) is 17.1 Å². The zero-order valence-corrected chi connectivity index (χ0v) is 37.0. The lowest BCUT2D eigenvalue weighted by Gasteiger charge is -2.48. The van der Waals surface area contributed by atoms with Crippen LogP contribution in [0.5, 0.6) is 0 Å². The summed E-state index contributed by atoms with van der Waals surface area (Å²) in [6.45, 7) is 1.82. The van der Waals surface area contributed by atoms with Crippen LogP contribution in [0.2, 0.25) is 0 Å². The summed E-state index contributed by atoms with van der Waals surface area (Å²) in [4.78, 5) is 29.5. The molecule has 10 heteroatoms. The molecule has 0 aromatic heterocycles. The Labute approximate surface area is 368 Å². The van der Waals surface area contributed by atoms with Crippen molar-refractivity contribution in [3.63, 3.8) is 0 Å². The van der Waals surface area contributed by atoms with E-state index in [2.05, 4.69) is 41.4 Å². The number of thiocarbonyl (C=S) groups is 1. The minimum atomic E-state index is -1.05. The van der Waals surface area contributed by atoms with Crippen molar-refractivity contribution in [2.45, 2.75) is 63.4 Å². The molecule has 1 aliphatic heterocycles. The largest absolute Gasteiger partial charge is 0.478 e. The van der Waals surface area contributed by atoms with E-state index < -0.39 is 11.6 Å². The van der Waals surface area contributed by atoms with Gasteiger partial charge in [-0.1, -0.05) is 29.7 Å². The topological polar surface area (TPSA) is 109 Å². The molecule has 6 aliphatic rings. The molecule has 1 heterocycles. The molecule has 0 saturated heterocycles. The van der Waals surface area contributed by atoms with E-state index in [1.54, 1.807) is 6.07 Å². The SMILES string of the molecule is CC#CC1(O)CCC2C3CCC4=CC(=O)CCC4=C3C(c3ccc(N(C)C(=S)Nc4ccc(-c5c6ccc(=[N+](C)C)cc-6oc6cc(N(C)C)ccc56)c(C(=O)O)c4)cc3)CC21. The number of carboxylic acid groups (broad SMARTS) is 1. The van der Waals surface area contributed by atoms with Gasteiger partial charge < -0.3 is 29.7 Å². The van der Waals surface area contributed by atoms with Gasteiger partial charge in [0.2, 0.25) is 5.36 Å². The Kier molecular flexibility index (Phi) is 10.7. The van der Waals surface area contributed by atoms with Crippen molar-refractivity contribution >= 4 is 57.1 Å². The molecule has 0 bridgehead atoms. The number of benzene rings is 4. The Morgan fingerprint density at radius 1 is 0.935 bits per heavy atom. The molecule has 0 radical (unpaired) electrons. The number of carbonyl (C=O) groups excluding carboxylic acids is 1. The summed E-state index contributed by atoms with van der Waals surface area (Å²) >= 11 is 5.94. The number of fused-ring (bicyclic) bond motifs is 6. The van der Waals surface area contributed by atoms with Crippen molar-refractivity contribution in [3.8, 4) is 34.3 Å². The highest BCUT2D eigenvalue weighted by Crippen LogP contribution is 2.61. The molecule has 0 spiro atoms. The number of carboxylic acids is 1. The molecule has 9 nitrogen and oxygen atoms in total. The average Bonchev–Trinajstić information content (AvgIpc) is 3.59. The van der Waals surface area contributed by atoms with Gasteiger partial charge in [0.05, 0.1) is 11.6 Å². The third-order valence-electron chi connectivity index (χ3n) is 14.0. The van der Waals surface area contributed by atoms with Crippen LogP contribution in [-0.4, -0.2) is 67.9 Å². The summed E-state index contributed by atoms with van der Waals surface area (Å²) in [5.41, 5.74) is 9.64. The van der Waals surface area contributed by atoms with Crippen LogP contribution in [0.3, 0.4) is 0 Å². The second-order valence-electron chi connectivity index (χ2n) is 17.9. The average molecular weight is 846 g/mol. The summed E-state index contributed by atoms with van der Waals surface area (Å²) < 4.78 is 8.50. The first-order valence-corrected chi connectivity index (χ1v) is 22.0. The summed E-state index contributed by atoms with van der Waals surface area (Å²) in [7, 11) is 9.80. The van der Waals surface area contributed by atoms with E-state index in [4.69, 9.17) is 16.6 Å². The number of anilines is 3. The lowest BCUT2D eigenvalue weighted by Crippen LogP contribution is -2.42. The minimum absolute atomic E-state index is 0.0902. The van der Waals surface area contributed by atoms with Gasteiger partial charge >= 0.3 is 5.97 Å². The van der Waals surface area contributed by atoms with E-state index >= 15 is 0 Å². The lowest BCUT2D eigenvalue weighted by atomic mass is 9.57. The van der Waals surface area contributed by atoms with Gasteiger partial charge in [-0.15, -0.1) is 5.92 Å². The van der Waals surface area contributed by atoms with E-state index in [-0.39, 0.29) is 23.2 Å². The smallest absolute Gasteiger partial charge is 0.336 e. The maximum Gasteiger partial charge on any atom is 0.336 e. The maximum absolute atomic E-state index is 13.1. The first-order valence-electron chi connectivity index (χ1n) is 21.6. The second kappa shape index (κ2) is 16.0. The van der Waals surface area contributed by atoms with Crippen molar-refractivity contribution < 1.29 is 24.2 Å². The highest BCUT2D eigenvalue weighted by Gasteiger charge is 2.55. The van der Waals surface area contributed by atoms with Gasteiger partial charge in [0, 0.05) is 85.1 Å². The van der Waals surface area contributed by atoms with Crippen LogP contribution >= 0.6 is 12.2 Å².